The minimum absolute atomic E-state index is 0.784. The van der Waals surface area contributed by atoms with Crippen LogP contribution in [0, 0.1) is 0 Å². The molecule has 0 aromatic carbocycles. The van der Waals surface area contributed by atoms with Crippen LogP contribution in [0.2, 0.25) is 0 Å². The first-order valence-electron chi connectivity index (χ1n) is 14.1. The number of aliphatic hydroxyl groups is 14. The molecule has 14 N–H and O–H groups in total. The van der Waals surface area contributed by atoms with Gasteiger partial charge >= 0.3 is 0 Å². The third-order valence-corrected chi connectivity index (χ3v) is 8.20. The smallest absolute Gasteiger partial charge is 0.187 e. The Hall–Kier alpha value is -0.840. The Morgan fingerprint density at radius 2 is 0.644 bits per heavy atom. The maximum Gasteiger partial charge on any atom is 0.187 e. The molecular formula is C24H42O21. The molecule has 4 heterocycles. The number of rotatable bonds is 10. The second-order valence-electron chi connectivity index (χ2n) is 11.1. The first-order valence-corrected chi connectivity index (χ1v) is 14.1. The third-order valence-electron chi connectivity index (χ3n) is 8.20. The fourth-order valence-electron chi connectivity index (χ4n) is 5.55. The van der Waals surface area contributed by atoms with Crippen LogP contribution in [-0.4, -0.2) is 221 Å². The zero-order valence-corrected chi connectivity index (χ0v) is 23.5. The molecule has 0 aliphatic carbocycles. The van der Waals surface area contributed by atoms with Crippen molar-refractivity contribution in [3.05, 3.63) is 0 Å². The highest BCUT2D eigenvalue weighted by Gasteiger charge is 2.55. The van der Waals surface area contributed by atoms with Crippen LogP contribution >= 0.6 is 0 Å². The van der Waals surface area contributed by atoms with Gasteiger partial charge in [0.25, 0.3) is 0 Å². The molecule has 21 heteroatoms. The highest BCUT2D eigenvalue weighted by Crippen LogP contribution is 2.34. The first kappa shape index (κ1) is 37.0. The van der Waals surface area contributed by atoms with Gasteiger partial charge in [-0.25, -0.2) is 0 Å². The van der Waals surface area contributed by atoms with Crippen LogP contribution in [-0.2, 0) is 33.2 Å². The van der Waals surface area contributed by atoms with E-state index in [1.54, 1.807) is 0 Å². The minimum Gasteiger partial charge on any atom is -0.394 e. The summed E-state index contributed by atoms with van der Waals surface area (Å²) in [6, 6.07) is 0. The predicted molar refractivity (Wildman–Crippen MR) is 134 cm³/mol. The van der Waals surface area contributed by atoms with Gasteiger partial charge in [0.2, 0.25) is 0 Å². The van der Waals surface area contributed by atoms with Gasteiger partial charge in [-0.2, -0.15) is 0 Å². The van der Waals surface area contributed by atoms with Crippen LogP contribution in [0.25, 0.3) is 0 Å². The fraction of sp³-hybridized carbons (Fsp3) is 1.00. The van der Waals surface area contributed by atoms with Gasteiger partial charge in [0.15, 0.2) is 25.2 Å². The molecule has 0 aromatic heterocycles. The van der Waals surface area contributed by atoms with E-state index in [2.05, 4.69) is 0 Å². The Bertz CT molecular complexity index is 910. The minimum atomic E-state index is -2.02. The Kier molecular flexibility index (Phi) is 12.8. The zero-order chi connectivity index (χ0) is 33.3. The molecule has 0 aromatic rings. The summed E-state index contributed by atoms with van der Waals surface area (Å²) in [5.41, 5.74) is 0. The molecule has 4 fully saturated rings. The number of hydrogen-bond donors (Lipinski definition) is 14. The van der Waals surface area contributed by atoms with Crippen molar-refractivity contribution >= 4 is 0 Å². The topological polar surface area (TPSA) is 348 Å². The quantitative estimate of drug-likeness (QED) is 0.103. The molecule has 45 heavy (non-hydrogen) atoms. The van der Waals surface area contributed by atoms with Crippen LogP contribution in [0.15, 0.2) is 0 Å². The van der Waals surface area contributed by atoms with Gasteiger partial charge in [-0.05, 0) is 0 Å². The molecule has 0 saturated carbocycles. The predicted octanol–water partition coefficient (Wildman–Crippen LogP) is -9.75. The molecule has 4 saturated heterocycles. The summed E-state index contributed by atoms with van der Waals surface area (Å²) in [5, 5.41) is 142. The van der Waals surface area contributed by atoms with Crippen molar-refractivity contribution in [2.24, 2.45) is 0 Å². The van der Waals surface area contributed by atoms with Gasteiger partial charge in [0, 0.05) is 0 Å². The maximum atomic E-state index is 10.9. The lowest BCUT2D eigenvalue weighted by atomic mass is 9.95. The molecule has 0 radical (unpaired) electrons. The molecule has 0 bridgehead atoms. The zero-order valence-electron chi connectivity index (χ0n) is 23.5. The Labute approximate surface area is 254 Å². The normalized spacial score (nSPS) is 52.9. The number of aliphatic hydroxyl groups excluding tert-OH is 14. The summed E-state index contributed by atoms with van der Waals surface area (Å²) in [7, 11) is 0. The highest BCUT2D eigenvalue weighted by atomic mass is 16.8. The van der Waals surface area contributed by atoms with E-state index in [0.29, 0.717) is 0 Å². The van der Waals surface area contributed by atoms with Gasteiger partial charge in [-0.3, -0.25) is 0 Å². The summed E-state index contributed by atoms with van der Waals surface area (Å²) in [5.74, 6) is 0. The molecule has 0 amide bonds. The lowest BCUT2D eigenvalue weighted by Crippen LogP contribution is -2.67. The monoisotopic (exact) mass is 666 g/mol. The fourth-order valence-corrected chi connectivity index (χ4v) is 5.55. The van der Waals surface area contributed by atoms with Gasteiger partial charge in [0.1, 0.15) is 97.7 Å². The van der Waals surface area contributed by atoms with Gasteiger partial charge in [-0.15, -0.1) is 0 Å². The average Bonchev–Trinajstić information content (AvgIpc) is 3.03. The van der Waals surface area contributed by atoms with E-state index in [1.165, 1.54) is 0 Å². The molecule has 4 aliphatic rings. The average molecular weight is 667 g/mol. The second-order valence-corrected chi connectivity index (χ2v) is 11.1. The SMILES string of the molecule is OC[C@H]1O[C@@H](O[C@H]2[C@H](O)[C@@H](O)[C@H](O[C@H]3[C@H](O)[C@@H](O)[C@@H](O[C@@H]4[C@H](O)[C@@H](O)[C@@H](O)O[C@@H]4CO)O[C@@H]3CO)O[C@@H]2CO)[C@H](O)[C@@H](O)[C@@H]1O. The van der Waals surface area contributed by atoms with E-state index < -0.39 is 149 Å². The van der Waals surface area contributed by atoms with Crippen molar-refractivity contribution in [2.45, 2.75) is 123 Å². The lowest BCUT2D eigenvalue weighted by molar-refractivity contribution is -0.387. The summed E-state index contributed by atoms with van der Waals surface area (Å²) < 4.78 is 37.7. The van der Waals surface area contributed by atoms with E-state index in [-0.39, 0.29) is 0 Å². The molecule has 264 valence electrons. The van der Waals surface area contributed by atoms with Crippen LogP contribution in [0.3, 0.4) is 0 Å². The molecule has 0 spiro atoms. The molecule has 4 aliphatic heterocycles. The van der Waals surface area contributed by atoms with Crippen LogP contribution in [0.4, 0.5) is 0 Å². The Morgan fingerprint density at radius 1 is 0.333 bits per heavy atom. The van der Waals surface area contributed by atoms with Crippen molar-refractivity contribution in [1.82, 2.24) is 0 Å². The Morgan fingerprint density at radius 3 is 1.02 bits per heavy atom. The molecule has 20 atom stereocenters. The molecule has 0 unspecified atom stereocenters. The summed E-state index contributed by atoms with van der Waals surface area (Å²) >= 11 is 0. The molecule has 4 rings (SSSR count). The summed E-state index contributed by atoms with van der Waals surface area (Å²) in [6.45, 7) is -3.39. The maximum absolute atomic E-state index is 10.9. The number of ether oxygens (including phenoxy) is 7. The largest absolute Gasteiger partial charge is 0.394 e. The number of hydrogen-bond acceptors (Lipinski definition) is 21. The van der Waals surface area contributed by atoms with Crippen molar-refractivity contribution in [2.75, 3.05) is 26.4 Å². The first-order chi connectivity index (χ1) is 21.3. The third kappa shape index (κ3) is 7.44. The second kappa shape index (κ2) is 15.6. The van der Waals surface area contributed by atoms with E-state index in [4.69, 9.17) is 33.2 Å². The standard InChI is InChI=1S/C24H42O21/c25-1-5-9(29)10(30)15(35)22(40-5)44-19-7(3-27)42-24(17(37)12(19)32)45-20-8(4-28)41-23(16(36)13(20)33)43-18-6(2-26)39-21(38)14(34)11(18)31/h5-38H,1-4H2/t5-,6-,7-,8-,9-,10+,11-,12-,13-,14-,15-,16-,17-,18+,19-,20-,21+,22+,23-,24+/m1/s1. The van der Waals surface area contributed by atoms with E-state index in [9.17, 15) is 71.5 Å². The van der Waals surface area contributed by atoms with Crippen LogP contribution in [0.5, 0.6) is 0 Å². The van der Waals surface area contributed by atoms with Crippen molar-refractivity contribution in [3.8, 4) is 0 Å². The highest BCUT2D eigenvalue weighted by molar-refractivity contribution is 4.97. The lowest BCUT2D eigenvalue weighted by Gasteiger charge is -2.49. The van der Waals surface area contributed by atoms with Crippen molar-refractivity contribution in [1.29, 1.82) is 0 Å². The molecular weight excluding hydrogens is 624 g/mol. The van der Waals surface area contributed by atoms with Crippen molar-refractivity contribution in [3.63, 3.8) is 0 Å². The van der Waals surface area contributed by atoms with Gasteiger partial charge in [0.05, 0.1) is 26.4 Å². The van der Waals surface area contributed by atoms with Crippen LogP contribution < -0.4 is 0 Å². The van der Waals surface area contributed by atoms with E-state index >= 15 is 0 Å². The van der Waals surface area contributed by atoms with E-state index in [1.807, 2.05) is 0 Å². The van der Waals surface area contributed by atoms with Crippen molar-refractivity contribution < 1.29 is 105 Å². The van der Waals surface area contributed by atoms with Gasteiger partial charge in [-0.1, -0.05) is 0 Å². The summed E-state index contributed by atoms with van der Waals surface area (Å²) in [4.78, 5) is 0. The van der Waals surface area contributed by atoms with Gasteiger partial charge < -0.3 is 105 Å². The van der Waals surface area contributed by atoms with Crippen LogP contribution in [0.1, 0.15) is 0 Å². The van der Waals surface area contributed by atoms with E-state index in [0.717, 1.165) is 0 Å². The Balaban J connectivity index is 1.43. The molecule has 21 nitrogen and oxygen atoms in total. The summed E-state index contributed by atoms with van der Waals surface area (Å²) in [6.07, 6.45) is -35.3.